The van der Waals surface area contributed by atoms with E-state index in [2.05, 4.69) is 80.4 Å². The summed E-state index contributed by atoms with van der Waals surface area (Å²) in [4.78, 5) is 0. The molecule has 5 nitrogen and oxygen atoms in total. The minimum atomic E-state index is -2.00. The van der Waals surface area contributed by atoms with Gasteiger partial charge in [0, 0.05) is 6.61 Å². The highest BCUT2D eigenvalue weighted by Gasteiger charge is 2.41. The summed E-state index contributed by atoms with van der Waals surface area (Å²) >= 11 is 0. The van der Waals surface area contributed by atoms with Crippen molar-refractivity contribution in [1.29, 1.82) is 0 Å². The lowest BCUT2D eigenvalue weighted by molar-refractivity contribution is 0.303. The average Bonchev–Trinajstić information content (AvgIpc) is 2.53. The zero-order chi connectivity index (χ0) is 24.2. The summed E-state index contributed by atoms with van der Waals surface area (Å²) in [6, 6.07) is 2.24. The van der Waals surface area contributed by atoms with E-state index in [0.717, 1.165) is 38.6 Å². The first kappa shape index (κ1) is 32.8. The molecule has 0 aromatic heterocycles. The molecule has 0 aromatic carbocycles. The lowest BCUT2D eigenvalue weighted by Gasteiger charge is -2.38. The smallest absolute Gasteiger partial charge is 0.314 e. The molecule has 0 bridgehead atoms. The first-order chi connectivity index (χ1) is 13.5. The maximum absolute atomic E-state index is 6.34. The average molecular weight is 497 g/mol. The van der Waals surface area contributed by atoms with Gasteiger partial charge in [0.15, 0.2) is 25.0 Å². The molecule has 0 saturated heterocycles. The summed E-state index contributed by atoms with van der Waals surface area (Å²) in [7, 11) is -6.60. The Labute approximate surface area is 193 Å². The molecule has 0 heterocycles. The fraction of sp³-hybridized carbons (Fsp3) is 1.00. The van der Waals surface area contributed by atoms with Gasteiger partial charge >= 0.3 is 8.56 Å². The molecule has 0 aliphatic carbocycles. The van der Waals surface area contributed by atoms with E-state index in [0.29, 0.717) is 11.1 Å². The fourth-order valence-corrected chi connectivity index (χ4v) is 21.3. The van der Waals surface area contributed by atoms with E-state index in [1.807, 2.05) is 0 Å². The Kier molecular flexibility index (Phi) is 16.1. The van der Waals surface area contributed by atoms with Crippen LogP contribution in [-0.4, -0.2) is 53.2 Å². The Hall–Kier alpha value is 0.668. The van der Waals surface area contributed by atoms with Crippen LogP contribution < -0.4 is 11.5 Å². The molecule has 0 saturated carbocycles. The first-order valence-corrected chi connectivity index (χ1v) is 23.5. The molecule has 0 aliphatic rings. The van der Waals surface area contributed by atoms with Crippen LogP contribution >= 0.6 is 0 Å². The molecule has 0 amide bonds. The predicted molar refractivity (Wildman–Crippen MR) is 145 cm³/mol. The Morgan fingerprint density at radius 2 is 1.03 bits per heavy atom. The monoisotopic (exact) mass is 496 g/mol. The lowest BCUT2D eigenvalue weighted by atomic mass is 10.5. The zero-order valence-electron chi connectivity index (χ0n) is 22.5. The maximum atomic E-state index is 6.34. The molecular formula is C21H56N2O3Si4. The van der Waals surface area contributed by atoms with E-state index >= 15 is 0 Å². The summed E-state index contributed by atoms with van der Waals surface area (Å²) < 4.78 is 18.8. The number of hydrogen-bond donors (Lipinski definition) is 2. The van der Waals surface area contributed by atoms with Crippen molar-refractivity contribution in [3.63, 3.8) is 0 Å². The third-order valence-electron chi connectivity index (χ3n) is 5.02. The van der Waals surface area contributed by atoms with Crippen molar-refractivity contribution in [2.24, 2.45) is 11.5 Å². The summed E-state index contributed by atoms with van der Waals surface area (Å²) in [5.74, 6) is 0. The molecule has 30 heavy (non-hydrogen) atoms. The van der Waals surface area contributed by atoms with Crippen molar-refractivity contribution in [3.8, 4) is 0 Å². The van der Waals surface area contributed by atoms with E-state index in [1.54, 1.807) is 0 Å². The number of hydrogen-bond acceptors (Lipinski definition) is 5. The van der Waals surface area contributed by atoms with Gasteiger partial charge in [0.2, 0.25) is 0 Å². The predicted octanol–water partition coefficient (Wildman–Crippen LogP) is 6.25. The summed E-state index contributed by atoms with van der Waals surface area (Å²) in [5.41, 5.74) is 12.6. The number of nitrogens with two attached hydrogens (primary N) is 2. The quantitative estimate of drug-likeness (QED) is 0.278. The highest BCUT2D eigenvalue weighted by Crippen LogP contribution is 2.37. The van der Waals surface area contributed by atoms with Crippen LogP contribution in [0.25, 0.3) is 0 Å². The highest BCUT2D eigenvalue weighted by atomic mass is 28.5. The topological polar surface area (TPSA) is 79.7 Å². The van der Waals surface area contributed by atoms with E-state index in [1.165, 1.54) is 6.04 Å². The fourth-order valence-electron chi connectivity index (χ4n) is 4.14. The van der Waals surface area contributed by atoms with Gasteiger partial charge in [0.1, 0.15) is 0 Å². The van der Waals surface area contributed by atoms with Crippen LogP contribution in [0.5, 0.6) is 0 Å². The molecular weight excluding hydrogens is 441 g/mol. The Balaban J connectivity index is 0. The van der Waals surface area contributed by atoms with Gasteiger partial charge in [-0.2, -0.15) is 0 Å². The zero-order valence-corrected chi connectivity index (χ0v) is 26.5. The van der Waals surface area contributed by atoms with E-state index in [4.69, 9.17) is 24.1 Å². The van der Waals surface area contributed by atoms with Crippen molar-refractivity contribution in [3.05, 3.63) is 0 Å². The van der Waals surface area contributed by atoms with E-state index in [-0.39, 0.29) is 0 Å². The second-order valence-corrected chi connectivity index (χ2v) is 28.9. The second kappa shape index (κ2) is 14.7. The van der Waals surface area contributed by atoms with E-state index < -0.39 is 33.5 Å². The molecule has 0 radical (unpaired) electrons. The first-order valence-electron chi connectivity index (χ1n) is 11.9. The molecule has 0 aromatic rings. The van der Waals surface area contributed by atoms with Crippen LogP contribution in [0.2, 0.25) is 69.0 Å². The van der Waals surface area contributed by atoms with Crippen LogP contribution in [0.4, 0.5) is 0 Å². The largest absolute Gasteiger partial charge is 0.437 e. The molecule has 0 fully saturated rings. The standard InChI is InChI=1S/C11H27NOSi.C10H29NO2Si3/c1-6-13-14(10(2)3,11(4)5)9-7-8-12;1-14(2,3)12-16(7,10-8-9-11)13-15(4,5)6/h10-11H,6-9,12H2,1-5H3;8-11H2,1-7H3. The van der Waals surface area contributed by atoms with Crippen LogP contribution in [0.3, 0.4) is 0 Å². The molecule has 0 unspecified atom stereocenters. The van der Waals surface area contributed by atoms with Gasteiger partial charge in [-0.25, -0.2) is 0 Å². The Bertz CT molecular complexity index is 415. The summed E-state index contributed by atoms with van der Waals surface area (Å²) in [6.07, 6.45) is 2.13. The highest BCUT2D eigenvalue weighted by molar-refractivity contribution is 6.87. The maximum Gasteiger partial charge on any atom is 0.314 e. The minimum absolute atomic E-state index is 0.689. The molecule has 184 valence electrons. The second-order valence-electron chi connectivity index (χ2n) is 11.0. The van der Waals surface area contributed by atoms with Crippen molar-refractivity contribution in [1.82, 2.24) is 0 Å². The summed E-state index contributed by atoms with van der Waals surface area (Å²) in [6.45, 7) is 29.3. The molecule has 9 heteroatoms. The van der Waals surface area contributed by atoms with Crippen LogP contribution in [0, 0.1) is 0 Å². The summed E-state index contributed by atoms with van der Waals surface area (Å²) in [5, 5.41) is 0. The van der Waals surface area contributed by atoms with Gasteiger partial charge in [-0.05, 0) is 102 Å². The van der Waals surface area contributed by atoms with Gasteiger partial charge < -0.3 is 24.1 Å². The van der Waals surface area contributed by atoms with E-state index in [9.17, 15) is 0 Å². The van der Waals surface area contributed by atoms with Gasteiger partial charge in [-0.1, -0.05) is 27.7 Å². The third kappa shape index (κ3) is 14.7. The van der Waals surface area contributed by atoms with Crippen molar-refractivity contribution in [2.45, 2.75) is 116 Å². The lowest BCUT2D eigenvalue weighted by Crippen LogP contribution is -2.52. The molecule has 4 N–H and O–H groups in total. The van der Waals surface area contributed by atoms with Gasteiger partial charge in [-0.3, -0.25) is 0 Å². The van der Waals surface area contributed by atoms with Gasteiger partial charge in [0.25, 0.3) is 0 Å². The minimum Gasteiger partial charge on any atom is -0.437 e. The van der Waals surface area contributed by atoms with Crippen LogP contribution in [0.1, 0.15) is 47.5 Å². The van der Waals surface area contributed by atoms with Crippen LogP contribution in [0.15, 0.2) is 0 Å². The Morgan fingerprint density at radius 1 is 0.667 bits per heavy atom. The SMILES string of the molecule is CCO[Si](CCCN)(C(C)C)C(C)C.C[Si](C)(C)O[Si](C)(CCCN)O[Si](C)(C)C. The molecule has 0 rings (SSSR count). The van der Waals surface area contributed by atoms with Gasteiger partial charge in [-0.15, -0.1) is 0 Å². The molecule has 0 atom stereocenters. The van der Waals surface area contributed by atoms with Crippen molar-refractivity contribution >= 4 is 33.5 Å². The van der Waals surface area contributed by atoms with Crippen LogP contribution in [-0.2, 0) is 12.7 Å². The van der Waals surface area contributed by atoms with Crippen molar-refractivity contribution < 1.29 is 12.7 Å². The molecule has 0 spiro atoms. The molecule has 0 aliphatic heterocycles. The Morgan fingerprint density at radius 3 is 1.30 bits per heavy atom. The number of rotatable bonds is 14. The van der Waals surface area contributed by atoms with Crippen molar-refractivity contribution in [2.75, 3.05) is 19.7 Å². The third-order valence-corrected chi connectivity index (χ3v) is 20.5. The normalized spacial score (nSPS) is 13.6. The van der Waals surface area contributed by atoms with Gasteiger partial charge in [0.05, 0.1) is 0 Å².